The highest BCUT2D eigenvalue weighted by molar-refractivity contribution is 7.98. The molecule has 0 radical (unpaired) electrons. The first-order valence-corrected chi connectivity index (χ1v) is 26.3. The minimum Gasteiger partial charge on any atom is -0.480 e. The van der Waals surface area contributed by atoms with Crippen LogP contribution in [-0.4, -0.2) is 172 Å². The van der Waals surface area contributed by atoms with Gasteiger partial charge in [0.25, 0.3) is 0 Å². The number of nitrogens with two attached hydrogens (primary N) is 3. The van der Waals surface area contributed by atoms with Crippen molar-refractivity contribution in [2.45, 2.75) is 173 Å². The maximum absolute atomic E-state index is 14.1. The molecule has 26 heteroatoms. The fourth-order valence-electron chi connectivity index (χ4n) is 8.36. The first kappa shape index (κ1) is 63.1. The number of rotatable bonds is 31. The van der Waals surface area contributed by atoms with Gasteiger partial charge >= 0.3 is 5.97 Å². The fraction of sp³-hybridized carbons (Fsp3) is 0.745. The molecule has 0 aromatic heterocycles. The van der Waals surface area contributed by atoms with Gasteiger partial charge in [0.2, 0.25) is 65.0 Å². The van der Waals surface area contributed by atoms with E-state index in [1.165, 1.54) is 28.5 Å². The largest absolute Gasteiger partial charge is 0.480 e. The van der Waals surface area contributed by atoms with E-state index in [0.29, 0.717) is 25.0 Å². The van der Waals surface area contributed by atoms with Crippen LogP contribution in [0.2, 0.25) is 0 Å². The molecule has 2 aliphatic heterocycles. The molecule has 9 atom stereocenters. The van der Waals surface area contributed by atoms with Crippen LogP contribution in [0.3, 0.4) is 0 Å². The molecule has 2 saturated heterocycles. The van der Waals surface area contributed by atoms with E-state index >= 15 is 0 Å². The molecule has 0 saturated carbocycles. The van der Waals surface area contributed by atoms with Gasteiger partial charge < -0.3 is 69.3 Å². The lowest BCUT2D eigenvalue weighted by Crippen LogP contribution is -2.60. The van der Waals surface area contributed by atoms with E-state index in [1.54, 1.807) is 34.0 Å². The average molecular weight is 1050 g/mol. The monoisotopic (exact) mass is 1050 g/mol. The van der Waals surface area contributed by atoms with Gasteiger partial charge in [0, 0.05) is 25.9 Å². The van der Waals surface area contributed by atoms with E-state index in [9.17, 15) is 62.6 Å². The van der Waals surface area contributed by atoms with Crippen LogP contribution < -0.4 is 54.4 Å². The Morgan fingerprint density at radius 3 is 1.59 bits per heavy atom. The van der Waals surface area contributed by atoms with Crippen molar-refractivity contribution in [2.24, 2.45) is 35.0 Å². The van der Waals surface area contributed by atoms with Gasteiger partial charge in [0.1, 0.15) is 48.3 Å². The SMILES string of the molecule is CSCC[C@H](NC(=O)[C@H](CC(C)C)NC(=O)[C@@H]1CCCN1C(=O)[C@@H]1CCCN1C(=O)CNC(=O)[C@@H](N)CCC(N)=O)C(=O)N[C@@H](C)C(=O)N[C@@H](CC(C)C)C(=O)N[C@@H](CCC(N)=O)C(=O)N[C@H](C(=O)O)C(C)C. The highest BCUT2D eigenvalue weighted by Crippen LogP contribution is 2.25. The van der Waals surface area contributed by atoms with Crippen molar-refractivity contribution in [3.8, 4) is 0 Å². The van der Waals surface area contributed by atoms with Gasteiger partial charge in [-0.3, -0.25) is 52.7 Å². The molecule has 2 heterocycles. The van der Waals surface area contributed by atoms with Crippen LogP contribution in [0.15, 0.2) is 0 Å². The Morgan fingerprint density at radius 2 is 1.07 bits per heavy atom. The third-order valence-corrected chi connectivity index (χ3v) is 13.0. The fourth-order valence-corrected chi connectivity index (χ4v) is 8.83. The second-order valence-corrected chi connectivity index (χ2v) is 20.8. The summed E-state index contributed by atoms with van der Waals surface area (Å²) in [4.78, 5) is 159. The third kappa shape index (κ3) is 21.1. The van der Waals surface area contributed by atoms with E-state index < -0.39 is 138 Å². The van der Waals surface area contributed by atoms with E-state index in [1.807, 2.05) is 13.8 Å². The van der Waals surface area contributed by atoms with Crippen molar-refractivity contribution in [3.05, 3.63) is 0 Å². The maximum atomic E-state index is 14.1. The molecular weight excluding hydrogens is 973 g/mol. The zero-order valence-electron chi connectivity index (χ0n) is 43.4. The van der Waals surface area contributed by atoms with Gasteiger partial charge in [-0.25, -0.2) is 4.79 Å². The molecule has 73 heavy (non-hydrogen) atoms. The quantitative estimate of drug-likeness (QED) is 0.0341. The second-order valence-electron chi connectivity index (χ2n) is 19.9. The number of thioether (sulfide) groups is 1. The predicted molar refractivity (Wildman–Crippen MR) is 269 cm³/mol. The highest BCUT2D eigenvalue weighted by Gasteiger charge is 2.43. The smallest absolute Gasteiger partial charge is 0.326 e. The van der Waals surface area contributed by atoms with Crippen molar-refractivity contribution in [3.63, 3.8) is 0 Å². The molecule has 0 aromatic carbocycles. The number of carbonyl (C=O) groups excluding carboxylic acids is 11. The summed E-state index contributed by atoms with van der Waals surface area (Å²) < 4.78 is 0. The van der Waals surface area contributed by atoms with Crippen molar-refractivity contribution >= 4 is 82.7 Å². The molecule has 2 fully saturated rings. The lowest BCUT2D eigenvalue weighted by molar-refractivity contribution is -0.147. The molecule has 2 rings (SSSR count). The van der Waals surface area contributed by atoms with Crippen molar-refractivity contribution in [1.82, 2.24) is 47.0 Å². The van der Waals surface area contributed by atoms with Crippen LogP contribution in [0.5, 0.6) is 0 Å². The molecule has 25 nitrogen and oxygen atoms in total. The summed E-state index contributed by atoms with van der Waals surface area (Å²) in [7, 11) is 0. The Morgan fingerprint density at radius 1 is 0.589 bits per heavy atom. The van der Waals surface area contributed by atoms with Crippen LogP contribution >= 0.6 is 11.8 Å². The first-order valence-electron chi connectivity index (χ1n) is 24.9. The summed E-state index contributed by atoms with van der Waals surface area (Å²) in [5.41, 5.74) is 16.2. The van der Waals surface area contributed by atoms with Crippen LogP contribution in [0, 0.1) is 17.8 Å². The number of hydrogen-bond acceptors (Lipinski definition) is 14. The lowest BCUT2D eigenvalue weighted by Gasteiger charge is -2.32. The Bertz CT molecular complexity index is 1990. The molecular formula is C47H80N12O13S. The second kappa shape index (κ2) is 30.9. The van der Waals surface area contributed by atoms with Gasteiger partial charge in [0.05, 0.1) is 12.6 Å². The van der Waals surface area contributed by atoms with Crippen molar-refractivity contribution < 1.29 is 62.6 Å². The van der Waals surface area contributed by atoms with Crippen LogP contribution in [0.25, 0.3) is 0 Å². The van der Waals surface area contributed by atoms with Gasteiger partial charge in [-0.05, 0) is 94.5 Å². The molecule has 0 aliphatic carbocycles. The molecule has 0 spiro atoms. The predicted octanol–water partition coefficient (Wildman–Crippen LogP) is -2.54. The Kier molecular flexibility index (Phi) is 26.7. The summed E-state index contributed by atoms with van der Waals surface area (Å²) in [5.74, 6) is -9.26. The molecule has 14 N–H and O–H groups in total. The highest BCUT2D eigenvalue weighted by atomic mass is 32.2. The minimum atomic E-state index is -1.39. The average Bonchev–Trinajstić information content (AvgIpc) is 4.01. The minimum absolute atomic E-state index is 0.00689. The van der Waals surface area contributed by atoms with Gasteiger partial charge in [-0.15, -0.1) is 0 Å². The molecule has 0 aromatic rings. The Labute approximate surface area is 431 Å². The molecule has 0 bridgehead atoms. The molecule has 2 aliphatic rings. The zero-order chi connectivity index (χ0) is 55.3. The van der Waals surface area contributed by atoms with Crippen LogP contribution in [-0.2, 0) is 57.5 Å². The number of amides is 11. The molecule has 0 unspecified atom stereocenters. The van der Waals surface area contributed by atoms with Crippen LogP contribution in [0.1, 0.15) is 119 Å². The third-order valence-electron chi connectivity index (χ3n) is 12.4. The summed E-state index contributed by atoms with van der Waals surface area (Å²) in [6, 6.07) is -10.5. The Hall–Kier alpha value is -6.05. The maximum Gasteiger partial charge on any atom is 0.326 e. The van der Waals surface area contributed by atoms with E-state index in [4.69, 9.17) is 17.2 Å². The number of carbonyl (C=O) groups is 12. The summed E-state index contributed by atoms with van der Waals surface area (Å²) in [6.45, 7) is 11.8. The van der Waals surface area contributed by atoms with Crippen molar-refractivity contribution in [1.29, 1.82) is 0 Å². The van der Waals surface area contributed by atoms with E-state index in [0.717, 1.165) is 0 Å². The lowest BCUT2D eigenvalue weighted by atomic mass is 10.0. The van der Waals surface area contributed by atoms with Gasteiger partial charge in [0.15, 0.2) is 0 Å². The molecule has 412 valence electrons. The molecule has 11 amide bonds. The standard InChI is InChI=1S/C47H80N12O13S/c1-24(2)21-31(43(67)53-29(14-16-36(50)61)42(66)57-38(26(5)6)47(71)72)55-39(63)27(7)52-41(65)30(17-20-73-8)54-44(68)32(22-25(3)4)56-45(69)33-11-9-19-59(33)46(70)34-12-10-18-58(34)37(62)23-51-40(64)28(48)13-15-35(49)60/h24-34,38H,9-23,48H2,1-8H3,(H2,49,60)(H2,50,61)(H,51,64)(H,52,65)(H,53,67)(H,54,68)(H,55,63)(H,56,69)(H,57,66)(H,71,72)/t27-,28-,29-,30-,31-,32-,33-,34-,38-/m0/s1. The normalized spacial score (nSPS) is 18.4. The first-order chi connectivity index (χ1) is 34.2. The van der Waals surface area contributed by atoms with E-state index in [-0.39, 0.29) is 76.3 Å². The summed E-state index contributed by atoms with van der Waals surface area (Å²) >= 11 is 1.40. The number of carboxylic acids is 1. The van der Waals surface area contributed by atoms with Gasteiger partial charge in [-0.1, -0.05) is 41.5 Å². The topological polar surface area (TPSA) is 394 Å². The number of aliphatic carboxylic acids is 1. The number of likely N-dealkylation sites (tertiary alicyclic amines) is 2. The zero-order valence-corrected chi connectivity index (χ0v) is 44.2. The van der Waals surface area contributed by atoms with Crippen LogP contribution in [0.4, 0.5) is 0 Å². The van der Waals surface area contributed by atoms with Crippen molar-refractivity contribution in [2.75, 3.05) is 31.6 Å². The Balaban J connectivity index is 2.19. The number of hydrogen-bond donors (Lipinski definition) is 11. The number of nitrogens with one attached hydrogen (secondary N) is 7. The number of primary amides is 2. The van der Waals surface area contributed by atoms with Gasteiger partial charge in [-0.2, -0.15) is 11.8 Å². The summed E-state index contributed by atoms with van der Waals surface area (Å²) in [6.07, 6.45) is 3.02. The number of nitrogens with zero attached hydrogens (tertiary/aromatic N) is 2. The van der Waals surface area contributed by atoms with E-state index in [2.05, 4.69) is 37.2 Å². The number of carboxylic acid groups (broad SMARTS) is 1. The summed E-state index contributed by atoms with van der Waals surface area (Å²) in [5, 5.41) is 27.7.